The Morgan fingerprint density at radius 3 is 2.96 bits per heavy atom. The lowest BCUT2D eigenvalue weighted by molar-refractivity contribution is -0.116. The van der Waals surface area contributed by atoms with Gasteiger partial charge in [-0.1, -0.05) is 36.0 Å². The van der Waals surface area contributed by atoms with Gasteiger partial charge in [-0.2, -0.15) is 0 Å². The van der Waals surface area contributed by atoms with Crippen molar-refractivity contribution in [3.63, 3.8) is 0 Å². The van der Waals surface area contributed by atoms with Crippen LogP contribution in [0.3, 0.4) is 0 Å². The molecule has 0 fully saturated rings. The van der Waals surface area contributed by atoms with Gasteiger partial charge in [0.05, 0.1) is 12.9 Å². The van der Waals surface area contributed by atoms with Crippen molar-refractivity contribution in [2.45, 2.75) is 24.6 Å². The van der Waals surface area contributed by atoms with Crippen LogP contribution in [0, 0.1) is 0 Å². The normalized spacial score (nSPS) is 15.6. The van der Waals surface area contributed by atoms with E-state index >= 15 is 0 Å². The highest BCUT2D eigenvalue weighted by molar-refractivity contribution is 7.99. The number of hydrogen-bond acceptors (Lipinski definition) is 6. The molecule has 0 aliphatic carbocycles. The minimum absolute atomic E-state index is 0.0404. The Bertz CT molecular complexity index is 972. The predicted molar refractivity (Wildman–Crippen MR) is 104 cm³/mol. The number of para-hydroxylation sites is 1. The summed E-state index contributed by atoms with van der Waals surface area (Å²) in [5.41, 5.74) is 2.99. The fraction of sp³-hybridized carbons (Fsp3) is 0.250. The average Bonchev–Trinajstić information content (AvgIpc) is 3.30. The summed E-state index contributed by atoms with van der Waals surface area (Å²) in [5, 5.41) is 8.49. The van der Waals surface area contributed by atoms with Crippen LogP contribution in [0.15, 0.2) is 58.2 Å². The molecular weight excluding hydrogens is 362 g/mol. The second kappa shape index (κ2) is 7.44. The topological polar surface area (TPSA) is 68.5 Å². The quantitative estimate of drug-likeness (QED) is 0.626. The molecule has 1 amide bonds. The van der Waals surface area contributed by atoms with E-state index in [1.165, 1.54) is 17.3 Å². The van der Waals surface area contributed by atoms with Gasteiger partial charge >= 0.3 is 0 Å². The van der Waals surface area contributed by atoms with Crippen LogP contribution >= 0.6 is 11.8 Å². The summed E-state index contributed by atoms with van der Waals surface area (Å²) in [6, 6.07) is 15.6. The minimum atomic E-state index is 0.0404. The number of nitrogens with zero attached hydrogens (tertiary/aromatic N) is 3. The van der Waals surface area contributed by atoms with Crippen LogP contribution in [0.2, 0.25) is 0 Å². The van der Waals surface area contributed by atoms with E-state index in [1.54, 1.807) is 7.11 Å². The highest BCUT2D eigenvalue weighted by atomic mass is 32.2. The minimum Gasteiger partial charge on any atom is -0.497 e. The number of methoxy groups -OCH3 is 1. The van der Waals surface area contributed by atoms with Crippen molar-refractivity contribution in [2.75, 3.05) is 17.8 Å². The number of hydrogen-bond donors (Lipinski definition) is 0. The van der Waals surface area contributed by atoms with E-state index in [0.29, 0.717) is 11.1 Å². The lowest BCUT2D eigenvalue weighted by atomic mass is 10.1. The average molecular weight is 381 g/mol. The highest BCUT2D eigenvalue weighted by Crippen LogP contribution is 2.33. The van der Waals surface area contributed by atoms with Gasteiger partial charge in [-0.25, -0.2) is 0 Å². The predicted octanol–water partition coefficient (Wildman–Crippen LogP) is 3.82. The molecule has 0 N–H and O–H groups in total. The van der Waals surface area contributed by atoms with E-state index < -0.39 is 0 Å². The van der Waals surface area contributed by atoms with Crippen molar-refractivity contribution in [3.8, 4) is 17.2 Å². The van der Waals surface area contributed by atoms with E-state index in [2.05, 4.69) is 23.2 Å². The lowest BCUT2D eigenvalue weighted by Crippen LogP contribution is -2.36. The van der Waals surface area contributed by atoms with E-state index in [4.69, 9.17) is 9.15 Å². The maximum atomic E-state index is 12.8. The monoisotopic (exact) mass is 381 g/mol. The molecule has 0 bridgehead atoms. The van der Waals surface area contributed by atoms with Gasteiger partial charge in [-0.05, 0) is 43.2 Å². The van der Waals surface area contributed by atoms with Gasteiger partial charge in [0.25, 0.3) is 5.22 Å². The molecule has 1 aliphatic heterocycles. The molecule has 138 valence electrons. The first-order valence-electron chi connectivity index (χ1n) is 8.66. The zero-order chi connectivity index (χ0) is 18.8. The molecule has 6 nitrogen and oxygen atoms in total. The molecule has 0 saturated carbocycles. The van der Waals surface area contributed by atoms with Crippen molar-refractivity contribution in [1.29, 1.82) is 0 Å². The second-order valence-electron chi connectivity index (χ2n) is 6.34. The Kier molecular flexibility index (Phi) is 4.85. The first-order chi connectivity index (χ1) is 13.2. The molecule has 4 rings (SSSR count). The first-order valence-corrected chi connectivity index (χ1v) is 9.65. The van der Waals surface area contributed by atoms with Crippen molar-refractivity contribution in [1.82, 2.24) is 10.2 Å². The number of carbonyl (C=O) groups excluding carboxylic acids is 1. The molecule has 2 heterocycles. The van der Waals surface area contributed by atoms with E-state index in [1.807, 2.05) is 47.4 Å². The van der Waals surface area contributed by atoms with Crippen LogP contribution in [0.25, 0.3) is 11.5 Å². The molecule has 2 aromatic carbocycles. The van der Waals surface area contributed by atoms with Crippen LogP contribution in [0.4, 0.5) is 5.69 Å². The standard InChI is InChI=1S/C20H19N3O3S/c1-13-10-14-6-3-4-9-17(14)23(13)18(24)12-27-20-22-21-19(26-20)15-7-5-8-16(11-15)25-2/h3-9,11,13H,10,12H2,1-2H3/t13-/m1/s1. The molecule has 27 heavy (non-hydrogen) atoms. The first kappa shape index (κ1) is 17.6. The summed E-state index contributed by atoms with van der Waals surface area (Å²) >= 11 is 1.25. The maximum absolute atomic E-state index is 12.8. The lowest BCUT2D eigenvalue weighted by Gasteiger charge is -2.22. The Morgan fingerprint density at radius 2 is 2.11 bits per heavy atom. The molecule has 1 atom stereocenters. The molecule has 0 radical (unpaired) electrons. The smallest absolute Gasteiger partial charge is 0.277 e. The second-order valence-corrected chi connectivity index (χ2v) is 7.27. The Morgan fingerprint density at radius 1 is 1.26 bits per heavy atom. The highest BCUT2D eigenvalue weighted by Gasteiger charge is 2.30. The number of rotatable bonds is 5. The molecule has 3 aromatic rings. The SMILES string of the molecule is COc1cccc(-c2nnc(SCC(=O)N3c4ccccc4C[C@H]3C)o2)c1. The van der Waals surface area contributed by atoms with E-state index in [-0.39, 0.29) is 17.7 Å². The largest absolute Gasteiger partial charge is 0.497 e. The summed E-state index contributed by atoms with van der Waals surface area (Å²) in [4.78, 5) is 14.6. The van der Waals surface area contributed by atoms with Crippen molar-refractivity contribution in [3.05, 3.63) is 54.1 Å². The number of ether oxygens (including phenoxy) is 1. The van der Waals surface area contributed by atoms with Crippen LogP contribution in [0.1, 0.15) is 12.5 Å². The number of amides is 1. The van der Waals surface area contributed by atoms with Crippen LogP contribution in [-0.2, 0) is 11.2 Å². The van der Waals surface area contributed by atoms with Crippen molar-refractivity contribution in [2.24, 2.45) is 0 Å². The molecule has 1 aromatic heterocycles. The molecular formula is C20H19N3O3S. The third-order valence-corrected chi connectivity index (χ3v) is 5.32. The number of carbonyl (C=O) groups is 1. The summed E-state index contributed by atoms with van der Waals surface area (Å²) < 4.78 is 10.9. The fourth-order valence-electron chi connectivity index (χ4n) is 3.28. The fourth-order valence-corrected chi connectivity index (χ4v) is 3.90. The molecule has 0 saturated heterocycles. The Balaban J connectivity index is 1.44. The van der Waals surface area contributed by atoms with E-state index in [0.717, 1.165) is 23.4 Å². The van der Waals surface area contributed by atoms with Gasteiger partial charge in [0, 0.05) is 17.3 Å². The number of benzene rings is 2. The third kappa shape index (κ3) is 3.55. The van der Waals surface area contributed by atoms with Gasteiger partial charge in [-0.15, -0.1) is 10.2 Å². The summed E-state index contributed by atoms with van der Waals surface area (Å²) in [5.74, 6) is 1.41. The van der Waals surface area contributed by atoms with Crippen LogP contribution in [0.5, 0.6) is 5.75 Å². The molecule has 1 aliphatic rings. The van der Waals surface area contributed by atoms with Crippen LogP contribution < -0.4 is 9.64 Å². The van der Waals surface area contributed by atoms with Gasteiger partial charge < -0.3 is 14.1 Å². The maximum Gasteiger partial charge on any atom is 0.277 e. The van der Waals surface area contributed by atoms with Gasteiger partial charge in [-0.3, -0.25) is 4.79 Å². The summed E-state index contributed by atoms with van der Waals surface area (Å²) in [7, 11) is 1.61. The van der Waals surface area contributed by atoms with Gasteiger partial charge in [0.15, 0.2) is 0 Å². The van der Waals surface area contributed by atoms with Crippen LogP contribution in [-0.4, -0.2) is 35.0 Å². The van der Waals surface area contributed by atoms with E-state index in [9.17, 15) is 4.79 Å². The molecule has 7 heteroatoms. The third-order valence-electron chi connectivity index (χ3n) is 4.52. The number of thioether (sulfide) groups is 1. The number of aromatic nitrogens is 2. The summed E-state index contributed by atoms with van der Waals surface area (Å²) in [6.07, 6.45) is 0.882. The number of fused-ring (bicyclic) bond motifs is 1. The molecule has 0 unspecified atom stereocenters. The summed E-state index contributed by atoms with van der Waals surface area (Å²) in [6.45, 7) is 2.07. The van der Waals surface area contributed by atoms with Crippen molar-refractivity contribution < 1.29 is 13.9 Å². The van der Waals surface area contributed by atoms with Crippen molar-refractivity contribution >= 4 is 23.4 Å². The zero-order valence-electron chi connectivity index (χ0n) is 15.1. The van der Waals surface area contributed by atoms with Gasteiger partial charge in [0.1, 0.15) is 5.75 Å². The Hall–Kier alpha value is -2.80. The molecule has 0 spiro atoms. The van der Waals surface area contributed by atoms with Gasteiger partial charge in [0.2, 0.25) is 11.8 Å². The number of anilines is 1. The zero-order valence-corrected chi connectivity index (χ0v) is 15.9. The Labute approximate surface area is 161 Å².